The van der Waals surface area contributed by atoms with E-state index in [1.165, 1.54) is 25.1 Å². The summed E-state index contributed by atoms with van der Waals surface area (Å²) in [5.74, 6) is -1.68. The van der Waals surface area contributed by atoms with Crippen LogP contribution in [0.25, 0.3) is 0 Å². The molecule has 0 spiro atoms. The van der Waals surface area contributed by atoms with Crippen LogP contribution in [0.15, 0.2) is 47.5 Å². The van der Waals surface area contributed by atoms with E-state index in [-0.39, 0.29) is 17.0 Å². The van der Waals surface area contributed by atoms with Crippen LogP contribution in [-0.4, -0.2) is 30.1 Å². The first-order valence-corrected chi connectivity index (χ1v) is 9.27. The maximum atomic E-state index is 14.6. The molecule has 2 atom stereocenters. The number of aliphatic imine (C=N–C) groups is 1. The van der Waals surface area contributed by atoms with Gasteiger partial charge in [0.05, 0.1) is 5.54 Å². The molecule has 2 aromatic carbocycles. The minimum atomic E-state index is -4.72. The van der Waals surface area contributed by atoms with E-state index in [1.807, 2.05) is 0 Å². The molecule has 3 rings (SSSR count). The van der Waals surface area contributed by atoms with Crippen molar-refractivity contribution in [3.8, 4) is 0 Å². The first-order chi connectivity index (χ1) is 14.4. The van der Waals surface area contributed by atoms with Gasteiger partial charge in [-0.3, -0.25) is 10.8 Å². The summed E-state index contributed by atoms with van der Waals surface area (Å²) in [4.78, 5) is 3.89. The van der Waals surface area contributed by atoms with Crippen LogP contribution >= 0.6 is 11.6 Å². The summed E-state index contributed by atoms with van der Waals surface area (Å²) in [6, 6.07) is 8.77. The van der Waals surface area contributed by atoms with Crippen molar-refractivity contribution >= 4 is 29.4 Å². The van der Waals surface area contributed by atoms with Crippen molar-refractivity contribution in [2.45, 2.75) is 31.2 Å². The molecule has 0 saturated carbocycles. The summed E-state index contributed by atoms with van der Waals surface area (Å²) in [7, 11) is 0. The molecule has 11 heteroatoms. The molecule has 164 valence electrons. The third kappa shape index (κ3) is 4.96. The predicted octanol–water partition coefficient (Wildman–Crippen LogP) is 4.73. The third-order valence-corrected chi connectivity index (χ3v) is 4.94. The van der Waals surface area contributed by atoms with E-state index in [4.69, 9.17) is 32.9 Å². The van der Waals surface area contributed by atoms with Crippen molar-refractivity contribution in [3.05, 3.63) is 70.0 Å². The molecule has 0 amide bonds. The van der Waals surface area contributed by atoms with Crippen molar-refractivity contribution in [1.82, 2.24) is 0 Å². The quantitative estimate of drug-likeness (QED) is 0.353. The summed E-state index contributed by atoms with van der Waals surface area (Å²) in [6.07, 6.45) is -7.68. The van der Waals surface area contributed by atoms with E-state index in [0.29, 0.717) is 10.6 Å². The van der Waals surface area contributed by atoms with Gasteiger partial charge in [0.2, 0.25) is 11.8 Å². The van der Waals surface area contributed by atoms with Crippen molar-refractivity contribution in [1.29, 1.82) is 10.8 Å². The third-order valence-electron chi connectivity index (χ3n) is 4.69. The van der Waals surface area contributed by atoms with E-state index in [9.17, 15) is 17.6 Å². The monoisotopic (exact) mass is 456 g/mol. The van der Waals surface area contributed by atoms with Gasteiger partial charge >= 0.3 is 6.18 Å². The fourth-order valence-electron chi connectivity index (χ4n) is 3.12. The van der Waals surface area contributed by atoms with E-state index >= 15 is 0 Å². The second kappa shape index (κ2) is 8.18. The van der Waals surface area contributed by atoms with Gasteiger partial charge in [-0.15, -0.1) is 0 Å². The molecule has 1 aliphatic rings. The molecule has 31 heavy (non-hydrogen) atoms. The second-order valence-corrected chi connectivity index (χ2v) is 7.47. The number of hydrogen-bond donors (Lipinski definition) is 3. The molecule has 0 fully saturated rings. The molecule has 0 saturated heterocycles. The van der Waals surface area contributed by atoms with Gasteiger partial charge < -0.3 is 15.2 Å². The number of benzene rings is 2. The van der Waals surface area contributed by atoms with Crippen LogP contribution in [0.1, 0.15) is 30.0 Å². The minimum Gasteiger partial charge on any atom is -0.452 e. The maximum Gasteiger partial charge on any atom is 0.425 e. The lowest BCUT2D eigenvalue weighted by Crippen LogP contribution is -2.46. The maximum absolute atomic E-state index is 14.6. The van der Waals surface area contributed by atoms with Crippen LogP contribution in [-0.2, 0) is 15.0 Å². The number of nitrogens with two attached hydrogens (primary N) is 1. The Morgan fingerprint density at radius 1 is 1.16 bits per heavy atom. The van der Waals surface area contributed by atoms with Gasteiger partial charge in [-0.05, 0) is 49.4 Å². The van der Waals surface area contributed by atoms with Gasteiger partial charge in [0.1, 0.15) is 5.82 Å². The minimum absolute atomic E-state index is 0.0418. The van der Waals surface area contributed by atoms with Crippen LogP contribution in [0, 0.1) is 16.6 Å². The Labute approximate surface area is 179 Å². The molecule has 6 nitrogen and oxygen atoms in total. The van der Waals surface area contributed by atoms with Gasteiger partial charge in [-0.2, -0.15) is 13.2 Å². The van der Waals surface area contributed by atoms with Crippen molar-refractivity contribution in [2.24, 2.45) is 10.7 Å². The lowest BCUT2D eigenvalue weighted by Gasteiger charge is -2.36. The van der Waals surface area contributed by atoms with Crippen molar-refractivity contribution in [3.63, 3.8) is 0 Å². The van der Waals surface area contributed by atoms with E-state index < -0.39 is 42.0 Å². The fraction of sp³-hybridized carbons (Fsp3) is 0.250. The van der Waals surface area contributed by atoms with Crippen LogP contribution in [0.2, 0.25) is 5.02 Å². The Morgan fingerprint density at radius 3 is 2.35 bits per heavy atom. The molecule has 2 aromatic rings. The van der Waals surface area contributed by atoms with Crippen LogP contribution in [0.5, 0.6) is 0 Å². The highest BCUT2D eigenvalue weighted by Crippen LogP contribution is 2.41. The fourth-order valence-corrected chi connectivity index (χ4v) is 3.24. The topological polar surface area (TPSA) is 105 Å². The van der Waals surface area contributed by atoms with Gasteiger partial charge in [0.15, 0.2) is 6.10 Å². The summed E-state index contributed by atoms with van der Waals surface area (Å²) in [6.45, 7) is 1.30. The number of nitrogens with one attached hydrogen (secondary N) is 2. The Hall–Kier alpha value is -3.14. The largest absolute Gasteiger partial charge is 0.452 e. The number of halogens is 5. The first-order valence-electron chi connectivity index (χ1n) is 8.89. The molecule has 4 N–H and O–H groups in total. The normalized spacial score (nSPS) is 21.1. The zero-order chi connectivity index (χ0) is 23.0. The molecule has 2 unspecified atom stereocenters. The summed E-state index contributed by atoms with van der Waals surface area (Å²) < 4.78 is 63.9. The summed E-state index contributed by atoms with van der Waals surface area (Å²) in [5, 5.41) is 16.5. The molecule has 1 heterocycles. The molecular formula is C20H17ClF4N4O2. The second-order valence-electron chi connectivity index (χ2n) is 7.04. The SMILES string of the molecule is CC1(c2cc(C(=N)OC(=N)c3ccc(Cl)cc3)ccc2F)CC(C(F)(F)F)OC(N)=N1. The number of amidine groups is 1. The first kappa shape index (κ1) is 22.5. The Bertz CT molecular complexity index is 1060. The van der Waals surface area contributed by atoms with Crippen LogP contribution in [0.3, 0.4) is 0 Å². The number of hydrogen-bond acceptors (Lipinski definition) is 6. The average molecular weight is 457 g/mol. The molecule has 0 bridgehead atoms. The predicted molar refractivity (Wildman–Crippen MR) is 107 cm³/mol. The van der Waals surface area contributed by atoms with E-state index in [2.05, 4.69) is 9.73 Å². The van der Waals surface area contributed by atoms with Gasteiger partial charge in [0.25, 0.3) is 6.02 Å². The van der Waals surface area contributed by atoms with Crippen LogP contribution < -0.4 is 5.73 Å². The summed E-state index contributed by atoms with van der Waals surface area (Å²) >= 11 is 5.80. The van der Waals surface area contributed by atoms with E-state index in [1.54, 1.807) is 12.1 Å². The number of rotatable bonds is 3. The molecule has 0 aliphatic carbocycles. The number of ether oxygens (including phenoxy) is 2. The zero-order valence-corrected chi connectivity index (χ0v) is 16.8. The van der Waals surface area contributed by atoms with Crippen LogP contribution in [0.4, 0.5) is 17.6 Å². The zero-order valence-electron chi connectivity index (χ0n) is 16.1. The van der Waals surface area contributed by atoms with Gasteiger partial charge in [-0.1, -0.05) is 11.6 Å². The van der Waals surface area contributed by atoms with Crippen molar-refractivity contribution < 1.29 is 27.0 Å². The smallest absolute Gasteiger partial charge is 0.425 e. The summed E-state index contributed by atoms with van der Waals surface area (Å²) in [5.41, 5.74) is 3.91. The van der Waals surface area contributed by atoms with Gasteiger partial charge in [0, 0.05) is 28.1 Å². The number of nitrogens with zero attached hydrogens (tertiary/aromatic N) is 1. The molecule has 1 aliphatic heterocycles. The Balaban J connectivity index is 1.89. The number of alkyl halides is 3. The molecule has 0 radical (unpaired) electrons. The molecular weight excluding hydrogens is 440 g/mol. The standard InChI is InChI=1S/C20H17ClF4N4O2/c1-19(9-15(20(23,24)25)30-18(28)29-19)13-8-11(4-7-14(13)22)17(27)31-16(26)10-2-5-12(21)6-3-10/h2-8,15,26-27H,9H2,1H3,(H2,28,29). The lowest BCUT2D eigenvalue weighted by atomic mass is 9.84. The highest BCUT2D eigenvalue weighted by atomic mass is 35.5. The lowest BCUT2D eigenvalue weighted by molar-refractivity contribution is -0.208. The van der Waals surface area contributed by atoms with Crippen molar-refractivity contribution in [2.75, 3.05) is 0 Å². The molecule has 0 aromatic heterocycles. The Morgan fingerprint density at radius 2 is 1.74 bits per heavy atom. The van der Waals surface area contributed by atoms with E-state index in [0.717, 1.165) is 12.1 Å². The van der Waals surface area contributed by atoms with Gasteiger partial charge in [-0.25, -0.2) is 9.38 Å². The highest BCUT2D eigenvalue weighted by molar-refractivity contribution is 6.30. The Kier molecular flexibility index (Phi) is 5.95. The average Bonchev–Trinajstić information content (AvgIpc) is 2.67. The highest BCUT2D eigenvalue weighted by Gasteiger charge is 2.50.